The van der Waals surface area contributed by atoms with Crippen molar-refractivity contribution in [2.24, 2.45) is 11.3 Å². The molecule has 0 saturated heterocycles. The second-order valence-corrected chi connectivity index (χ2v) is 8.53. The molecule has 2 atom stereocenters. The van der Waals surface area contributed by atoms with Crippen molar-refractivity contribution in [3.8, 4) is 5.75 Å². The molecular weight excluding hydrogens is 296 g/mol. The Hall–Kier alpha value is -1.02. The lowest BCUT2D eigenvalue weighted by atomic mass is 9.90. The first-order valence-corrected chi connectivity index (χ1v) is 9.78. The first-order chi connectivity index (χ1) is 11.4. The molecule has 136 valence electrons. The molecule has 2 heteroatoms. The van der Waals surface area contributed by atoms with Crippen LogP contribution in [0.5, 0.6) is 5.75 Å². The van der Waals surface area contributed by atoms with Gasteiger partial charge in [-0.05, 0) is 48.8 Å². The molecule has 2 unspecified atom stereocenters. The van der Waals surface area contributed by atoms with Crippen LogP contribution < -0.4 is 4.74 Å². The molecule has 2 nitrogen and oxygen atoms in total. The van der Waals surface area contributed by atoms with Crippen LogP contribution in [0.2, 0.25) is 0 Å². The van der Waals surface area contributed by atoms with Gasteiger partial charge < -0.3 is 9.47 Å². The van der Waals surface area contributed by atoms with Gasteiger partial charge in [-0.3, -0.25) is 0 Å². The highest BCUT2D eigenvalue weighted by Crippen LogP contribution is 2.30. The molecule has 2 rings (SSSR count). The van der Waals surface area contributed by atoms with E-state index in [-0.39, 0.29) is 11.7 Å². The SMILES string of the molecule is CCC(C)c1ccc(OC(OCC2CCCCC2)C(C)(C)C)cc1. The molecule has 1 aliphatic rings. The number of rotatable bonds is 7. The lowest BCUT2D eigenvalue weighted by Crippen LogP contribution is -2.36. The predicted molar refractivity (Wildman–Crippen MR) is 102 cm³/mol. The lowest BCUT2D eigenvalue weighted by Gasteiger charge is -2.33. The summed E-state index contributed by atoms with van der Waals surface area (Å²) >= 11 is 0. The van der Waals surface area contributed by atoms with Crippen LogP contribution in [-0.4, -0.2) is 12.9 Å². The van der Waals surface area contributed by atoms with E-state index < -0.39 is 0 Å². The second-order valence-electron chi connectivity index (χ2n) is 8.53. The van der Waals surface area contributed by atoms with Gasteiger partial charge in [0.25, 0.3) is 0 Å². The lowest BCUT2D eigenvalue weighted by molar-refractivity contribution is -0.151. The van der Waals surface area contributed by atoms with Crippen LogP contribution in [0, 0.1) is 11.3 Å². The topological polar surface area (TPSA) is 18.5 Å². The van der Waals surface area contributed by atoms with Crippen LogP contribution in [0.25, 0.3) is 0 Å². The maximum atomic E-state index is 6.23. The van der Waals surface area contributed by atoms with Gasteiger partial charge in [0, 0.05) is 5.41 Å². The largest absolute Gasteiger partial charge is 0.464 e. The summed E-state index contributed by atoms with van der Waals surface area (Å²) in [6.45, 7) is 11.9. The van der Waals surface area contributed by atoms with Gasteiger partial charge in [-0.2, -0.15) is 0 Å². The van der Waals surface area contributed by atoms with Crippen molar-refractivity contribution in [3.63, 3.8) is 0 Å². The van der Waals surface area contributed by atoms with E-state index in [1.165, 1.54) is 37.7 Å². The summed E-state index contributed by atoms with van der Waals surface area (Å²) in [5, 5.41) is 0. The van der Waals surface area contributed by atoms with E-state index in [0.29, 0.717) is 11.8 Å². The summed E-state index contributed by atoms with van der Waals surface area (Å²) in [5.41, 5.74) is 1.34. The van der Waals surface area contributed by atoms with Crippen molar-refractivity contribution in [2.75, 3.05) is 6.61 Å². The molecule has 1 aromatic carbocycles. The van der Waals surface area contributed by atoms with Crippen molar-refractivity contribution in [1.82, 2.24) is 0 Å². The standard InChI is InChI=1S/C22H36O2/c1-6-17(2)19-12-14-20(15-13-19)24-21(22(3,4)5)23-16-18-10-8-7-9-11-18/h12-15,17-18,21H,6-11,16H2,1-5H3. The van der Waals surface area contributed by atoms with Gasteiger partial charge in [-0.1, -0.05) is 66.0 Å². The van der Waals surface area contributed by atoms with E-state index in [0.717, 1.165) is 18.8 Å². The third-order valence-corrected chi connectivity index (χ3v) is 5.22. The first kappa shape index (κ1) is 19.3. The van der Waals surface area contributed by atoms with E-state index in [1.54, 1.807) is 0 Å². The van der Waals surface area contributed by atoms with Crippen molar-refractivity contribution in [2.45, 2.75) is 85.4 Å². The molecule has 0 spiro atoms. The van der Waals surface area contributed by atoms with Crippen molar-refractivity contribution >= 4 is 0 Å². The van der Waals surface area contributed by atoms with Crippen LogP contribution >= 0.6 is 0 Å². The minimum absolute atomic E-state index is 0.0377. The summed E-state index contributed by atoms with van der Waals surface area (Å²) < 4.78 is 12.4. The molecule has 1 aliphatic carbocycles. The summed E-state index contributed by atoms with van der Waals surface area (Å²) in [4.78, 5) is 0. The van der Waals surface area contributed by atoms with E-state index in [2.05, 4.69) is 58.9 Å². The quantitative estimate of drug-likeness (QED) is 0.527. The highest BCUT2D eigenvalue weighted by molar-refractivity contribution is 5.29. The van der Waals surface area contributed by atoms with Crippen LogP contribution in [0.15, 0.2) is 24.3 Å². The van der Waals surface area contributed by atoms with Crippen LogP contribution in [0.4, 0.5) is 0 Å². The van der Waals surface area contributed by atoms with E-state index >= 15 is 0 Å². The monoisotopic (exact) mass is 332 g/mol. The molecule has 0 N–H and O–H groups in total. The maximum absolute atomic E-state index is 6.23. The normalized spacial score (nSPS) is 19.0. The van der Waals surface area contributed by atoms with Gasteiger partial charge in [-0.25, -0.2) is 0 Å². The van der Waals surface area contributed by atoms with Crippen LogP contribution in [0.1, 0.15) is 84.6 Å². The number of hydrogen-bond acceptors (Lipinski definition) is 2. The molecule has 0 aromatic heterocycles. The average Bonchev–Trinajstić information content (AvgIpc) is 2.58. The molecule has 0 amide bonds. The average molecular weight is 333 g/mol. The zero-order valence-corrected chi connectivity index (χ0v) is 16.3. The van der Waals surface area contributed by atoms with Gasteiger partial charge in [-0.15, -0.1) is 0 Å². The highest BCUT2D eigenvalue weighted by Gasteiger charge is 2.29. The molecule has 1 saturated carbocycles. The number of benzene rings is 1. The Morgan fingerprint density at radius 3 is 2.21 bits per heavy atom. The molecule has 0 bridgehead atoms. The summed E-state index contributed by atoms with van der Waals surface area (Å²) in [6, 6.07) is 8.54. The van der Waals surface area contributed by atoms with Crippen molar-refractivity contribution in [3.05, 3.63) is 29.8 Å². The fraction of sp³-hybridized carbons (Fsp3) is 0.727. The number of hydrogen-bond donors (Lipinski definition) is 0. The van der Waals surface area contributed by atoms with Crippen molar-refractivity contribution < 1.29 is 9.47 Å². The van der Waals surface area contributed by atoms with Gasteiger partial charge in [0.1, 0.15) is 5.75 Å². The van der Waals surface area contributed by atoms with Gasteiger partial charge >= 0.3 is 0 Å². The van der Waals surface area contributed by atoms with Gasteiger partial charge in [0.05, 0.1) is 6.61 Å². The zero-order chi connectivity index (χ0) is 17.6. The Morgan fingerprint density at radius 1 is 1.04 bits per heavy atom. The zero-order valence-electron chi connectivity index (χ0n) is 16.3. The van der Waals surface area contributed by atoms with E-state index in [1.807, 2.05) is 0 Å². The smallest absolute Gasteiger partial charge is 0.204 e. The maximum Gasteiger partial charge on any atom is 0.204 e. The molecular formula is C22H36O2. The molecule has 0 aliphatic heterocycles. The third-order valence-electron chi connectivity index (χ3n) is 5.22. The third kappa shape index (κ3) is 5.81. The predicted octanol–water partition coefficient (Wildman–Crippen LogP) is 6.55. The Labute approximate surface area is 148 Å². The van der Waals surface area contributed by atoms with Gasteiger partial charge in [0.2, 0.25) is 6.29 Å². The molecule has 24 heavy (non-hydrogen) atoms. The molecule has 1 fully saturated rings. The van der Waals surface area contributed by atoms with Gasteiger partial charge in [0.15, 0.2) is 0 Å². The number of ether oxygens (including phenoxy) is 2. The second kappa shape index (κ2) is 8.89. The van der Waals surface area contributed by atoms with E-state index in [4.69, 9.17) is 9.47 Å². The van der Waals surface area contributed by atoms with Crippen molar-refractivity contribution in [1.29, 1.82) is 0 Å². The van der Waals surface area contributed by atoms with Crippen LogP contribution in [-0.2, 0) is 4.74 Å². The summed E-state index contributed by atoms with van der Waals surface area (Å²) in [6.07, 6.45) is 7.67. The molecule has 0 heterocycles. The summed E-state index contributed by atoms with van der Waals surface area (Å²) in [7, 11) is 0. The van der Waals surface area contributed by atoms with E-state index in [9.17, 15) is 0 Å². The minimum atomic E-state index is -0.200. The molecule has 0 radical (unpaired) electrons. The first-order valence-electron chi connectivity index (χ1n) is 9.78. The Morgan fingerprint density at radius 2 is 1.67 bits per heavy atom. The highest BCUT2D eigenvalue weighted by atomic mass is 16.7. The fourth-order valence-corrected chi connectivity index (χ4v) is 3.27. The van der Waals surface area contributed by atoms with Crippen LogP contribution in [0.3, 0.4) is 0 Å². The Bertz CT molecular complexity index is 466. The minimum Gasteiger partial charge on any atom is -0.464 e. The summed E-state index contributed by atoms with van der Waals surface area (Å²) in [5.74, 6) is 2.21. The molecule has 1 aromatic rings. The Kier molecular flexibility index (Phi) is 7.16. The fourth-order valence-electron chi connectivity index (χ4n) is 3.27. The Balaban J connectivity index is 1.95.